The van der Waals surface area contributed by atoms with Crippen molar-refractivity contribution in [3.05, 3.63) is 43.6 Å². The van der Waals surface area contributed by atoms with Gasteiger partial charge in [0.15, 0.2) is 0 Å². The average molecular weight is 354 g/mol. The fraction of sp³-hybridized carbons (Fsp3) is 0.417. The summed E-state index contributed by atoms with van der Waals surface area (Å²) in [5.74, 6) is -1.47. The second-order valence-electron chi connectivity index (χ2n) is 5.25. The summed E-state index contributed by atoms with van der Waals surface area (Å²) in [4.78, 5) is 36.0. The van der Waals surface area contributed by atoms with Crippen molar-refractivity contribution < 1.29 is 24.4 Å². The van der Waals surface area contributed by atoms with E-state index < -0.39 is 38.8 Å². The van der Waals surface area contributed by atoms with Crippen LogP contribution in [0.4, 0.5) is 11.4 Å². The summed E-state index contributed by atoms with van der Waals surface area (Å²) < 4.78 is 0. The van der Waals surface area contributed by atoms with Crippen LogP contribution < -0.4 is 10.6 Å². The van der Waals surface area contributed by atoms with Gasteiger partial charge in [-0.15, -0.1) is 5.01 Å². The molecule has 1 aromatic carbocycles. The van der Waals surface area contributed by atoms with Crippen LogP contribution in [0.25, 0.3) is 0 Å². The zero-order valence-electron chi connectivity index (χ0n) is 12.8. The lowest BCUT2D eigenvalue weighted by molar-refractivity contribution is -0.709. The maximum Gasteiger partial charge on any atom is 0.321 e. The molecule has 1 atom stereocenters. The molecule has 134 valence electrons. The number of carbonyl (C=O) groups excluding carboxylic acids is 1. The SMILES string of the molecule is NC(=O)C1CCCN(/[N+]([O-])=N/Oc2ccc([N+](=O)[O-])cc2[N+](=O)[O-])C1. The van der Waals surface area contributed by atoms with Crippen molar-refractivity contribution in [3.8, 4) is 5.75 Å². The number of nitrogens with two attached hydrogens (primary N) is 1. The van der Waals surface area contributed by atoms with Gasteiger partial charge in [0.05, 0.1) is 39.9 Å². The molecule has 1 saturated heterocycles. The molecule has 13 nitrogen and oxygen atoms in total. The average Bonchev–Trinajstić information content (AvgIpc) is 2.59. The molecule has 2 rings (SSSR count). The Balaban J connectivity index is 2.16. The highest BCUT2D eigenvalue weighted by Crippen LogP contribution is 2.31. The number of primary amides is 1. The Kier molecular flexibility index (Phi) is 5.26. The number of piperidine rings is 1. The van der Waals surface area contributed by atoms with Crippen LogP contribution in [-0.4, -0.2) is 38.8 Å². The number of amides is 1. The number of hydrogen-bond donors (Lipinski definition) is 1. The van der Waals surface area contributed by atoms with Gasteiger partial charge < -0.3 is 10.9 Å². The Labute approximate surface area is 140 Å². The number of nitro benzene ring substituents is 2. The molecule has 0 spiro atoms. The van der Waals surface area contributed by atoms with E-state index >= 15 is 0 Å². The summed E-state index contributed by atoms with van der Waals surface area (Å²) in [6, 6.07) is 2.65. The van der Waals surface area contributed by atoms with Gasteiger partial charge in [-0.3, -0.25) is 29.9 Å². The topological polar surface area (TPSA) is 180 Å². The number of nitrogens with zero attached hydrogens (tertiary/aromatic N) is 5. The third-order valence-electron chi connectivity index (χ3n) is 3.60. The minimum Gasteiger partial charge on any atom is -0.569 e. The number of non-ortho nitro benzene ring substituents is 1. The van der Waals surface area contributed by atoms with Crippen LogP contribution in [0, 0.1) is 31.4 Å². The second kappa shape index (κ2) is 7.37. The molecular weight excluding hydrogens is 340 g/mol. The molecule has 1 amide bonds. The van der Waals surface area contributed by atoms with Crippen molar-refractivity contribution in [2.45, 2.75) is 12.8 Å². The molecule has 0 bridgehead atoms. The number of hydrazine groups is 1. The maximum atomic E-state index is 11.9. The Bertz CT molecular complexity index is 737. The molecule has 1 fully saturated rings. The fourth-order valence-corrected chi connectivity index (χ4v) is 2.31. The van der Waals surface area contributed by atoms with Gasteiger partial charge in [-0.1, -0.05) is 0 Å². The van der Waals surface area contributed by atoms with E-state index in [0.29, 0.717) is 25.5 Å². The van der Waals surface area contributed by atoms with E-state index in [-0.39, 0.29) is 11.5 Å². The second-order valence-corrected chi connectivity index (χ2v) is 5.25. The highest BCUT2D eigenvalue weighted by atomic mass is 16.7. The van der Waals surface area contributed by atoms with Crippen molar-refractivity contribution in [2.75, 3.05) is 13.1 Å². The van der Waals surface area contributed by atoms with E-state index in [1.807, 2.05) is 0 Å². The van der Waals surface area contributed by atoms with Gasteiger partial charge in [0, 0.05) is 6.07 Å². The first kappa shape index (κ1) is 17.8. The van der Waals surface area contributed by atoms with Crippen LogP contribution in [-0.2, 0) is 4.79 Å². The molecule has 0 aliphatic carbocycles. The molecule has 2 N–H and O–H groups in total. The summed E-state index contributed by atoms with van der Waals surface area (Å²) in [7, 11) is 0. The van der Waals surface area contributed by atoms with Gasteiger partial charge in [-0.25, -0.2) is 0 Å². The Morgan fingerprint density at radius 1 is 1.28 bits per heavy atom. The van der Waals surface area contributed by atoms with Gasteiger partial charge in [-0.05, 0) is 18.9 Å². The van der Waals surface area contributed by atoms with E-state index in [0.717, 1.165) is 17.1 Å². The lowest BCUT2D eigenvalue weighted by atomic mass is 9.99. The van der Waals surface area contributed by atoms with Crippen LogP contribution in [0.2, 0.25) is 0 Å². The fourth-order valence-electron chi connectivity index (χ4n) is 2.31. The van der Waals surface area contributed by atoms with E-state index in [4.69, 9.17) is 10.6 Å². The zero-order chi connectivity index (χ0) is 18.6. The molecular formula is C12H14N6O7. The van der Waals surface area contributed by atoms with Gasteiger partial charge in [0.1, 0.15) is 0 Å². The predicted octanol–water partition coefficient (Wildman–Crippen LogP) is 0.872. The molecule has 0 radical (unpaired) electrons. The maximum absolute atomic E-state index is 11.9. The monoisotopic (exact) mass is 354 g/mol. The minimum atomic E-state index is -0.892. The summed E-state index contributed by atoms with van der Waals surface area (Å²) in [5.41, 5.74) is 4.00. The van der Waals surface area contributed by atoms with Crippen LogP contribution in [0.5, 0.6) is 5.75 Å². The normalized spacial score (nSPS) is 17.8. The molecule has 0 aromatic heterocycles. The van der Waals surface area contributed by atoms with Crippen LogP contribution >= 0.6 is 0 Å². The van der Waals surface area contributed by atoms with E-state index in [2.05, 4.69) is 5.28 Å². The number of hydrogen-bond acceptors (Lipinski definition) is 8. The van der Waals surface area contributed by atoms with Crippen LogP contribution in [0.3, 0.4) is 0 Å². The first-order valence-corrected chi connectivity index (χ1v) is 7.12. The van der Waals surface area contributed by atoms with Crippen molar-refractivity contribution >= 4 is 17.3 Å². The quantitative estimate of drug-likeness (QED) is 0.338. The largest absolute Gasteiger partial charge is 0.569 e. The first-order chi connectivity index (χ1) is 11.8. The number of benzene rings is 1. The van der Waals surface area contributed by atoms with Crippen LogP contribution in [0.15, 0.2) is 23.5 Å². The Morgan fingerprint density at radius 3 is 2.60 bits per heavy atom. The summed E-state index contributed by atoms with van der Waals surface area (Å²) in [6.45, 7) is 0.358. The summed E-state index contributed by atoms with van der Waals surface area (Å²) >= 11 is 0. The molecule has 1 heterocycles. The van der Waals surface area contributed by atoms with Crippen LogP contribution in [0.1, 0.15) is 12.8 Å². The standard InChI is InChI=1S/C12H14N6O7/c13-12(19)8-2-1-5-15(7-8)18(24)14-25-11-4-3-9(16(20)21)6-10(11)17(22)23/h3-4,6,8H,1-2,5,7H2,(H2,13,19)/b18-14-. The zero-order valence-corrected chi connectivity index (χ0v) is 12.8. The third-order valence-corrected chi connectivity index (χ3v) is 3.60. The molecule has 13 heteroatoms. The van der Waals surface area contributed by atoms with E-state index in [9.17, 15) is 30.2 Å². The lowest BCUT2D eigenvalue weighted by Gasteiger charge is -2.26. The van der Waals surface area contributed by atoms with Gasteiger partial charge in [0.25, 0.3) is 5.69 Å². The van der Waals surface area contributed by atoms with Gasteiger partial charge in [-0.2, -0.15) is 0 Å². The smallest absolute Gasteiger partial charge is 0.321 e. The van der Waals surface area contributed by atoms with E-state index in [1.54, 1.807) is 0 Å². The third kappa shape index (κ3) is 4.27. The molecule has 1 aliphatic rings. The number of nitro groups is 2. The van der Waals surface area contributed by atoms with Gasteiger partial charge in [0.2, 0.25) is 16.9 Å². The van der Waals surface area contributed by atoms with Gasteiger partial charge >= 0.3 is 5.69 Å². The highest BCUT2D eigenvalue weighted by molar-refractivity contribution is 5.76. The molecule has 1 aliphatic heterocycles. The lowest BCUT2D eigenvalue weighted by Crippen LogP contribution is -2.44. The van der Waals surface area contributed by atoms with Crippen molar-refractivity contribution in [2.24, 2.45) is 16.9 Å². The van der Waals surface area contributed by atoms with Crippen molar-refractivity contribution in [1.82, 2.24) is 5.01 Å². The Hall–Kier alpha value is -3.51. The van der Waals surface area contributed by atoms with Crippen molar-refractivity contribution in [1.29, 1.82) is 0 Å². The predicted molar refractivity (Wildman–Crippen MR) is 79.9 cm³/mol. The molecule has 25 heavy (non-hydrogen) atoms. The highest BCUT2D eigenvalue weighted by Gasteiger charge is 2.29. The molecule has 1 aromatic rings. The van der Waals surface area contributed by atoms with Crippen molar-refractivity contribution in [3.63, 3.8) is 0 Å². The Morgan fingerprint density at radius 2 is 2.00 bits per heavy atom. The molecule has 1 unspecified atom stereocenters. The summed E-state index contributed by atoms with van der Waals surface area (Å²) in [5, 5.41) is 37.9. The first-order valence-electron chi connectivity index (χ1n) is 7.12. The number of rotatable bonds is 6. The number of carbonyl (C=O) groups is 1. The molecule has 0 saturated carbocycles. The minimum absolute atomic E-state index is 0.0497. The van der Waals surface area contributed by atoms with E-state index in [1.165, 1.54) is 0 Å². The summed E-state index contributed by atoms with van der Waals surface area (Å²) in [6.07, 6.45) is 1.09.